The SMILES string of the molecule is O=S(=O)(NCC#CCOc1ccccc1F)C1CCCCC1. The van der Waals surface area contributed by atoms with Crippen molar-refractivity contribution in [3.8, 4) is 17.6 Å². The van der Waals surface area contributed by atoms with Gasteiger partial charge in [0, 0.05) is 0 Å². The molecule has 1 N–H and O–H groups in total. The van der Waals surface area contributed by atoms with Gasteiger partial charge in [0.2, 0.25) is 10.0 Å². The largest absolute Gasteiger partial charge is 0.478 e. The lowest BCUT2D eigenvalue weighted by molar-refractivity contribution is 0.348. The summed E-state index contributed by atoms with van der Waals surface area (Å²) in [6.07, 6.45) is 4.49. The van der Waals surface area contributed by atoms with Crippen LogP contribution in [0.25, 0.3) is 0 Å². The third-order valence-corrected chi connectivity index (χ3v) is 5.51. The van der Waals surface area contributed by atoms with Gasteiger partial charge in [-0.1, -0.05) is 43.2 Å². The summed E-state index contributed by atoms with van der Waals surface area (Å²) in [5.41, 5.74) is 0. The summed E-state index contributed by atoms with van der Waals surface area (Å²) in [5.74, 6) is 5.05. The molecule has 0 atom stereocenters. The van der Waals surface area contributed by atoms with Crippen LogP contribution in [0, 0.1) is 17.7 Å². The van der Waals surface area contributed by atoms with E-state index in [1.54, 1.807) is 12.1 Å². The summed E-state index contributed by atoms with van der Waals surface area (Å²) < 4.78 is 45.0. The summed E-state index contributed by atoms with van der Waals surface area (Å²) in [4.78, 5) is 0. The lowest BCUT2D eigenvalue weighted by Crippen LogP contribution is -2.35. The van der Waals surface area contributed by atoms with Crippen LogP contribution < -0.4 is 9.46 Å². The molecule has 1 fully saturated rings. The van der Waals surface area contributed by atoms with Gasteiger partial charge in [-0.05, 0) is 25.0 Å². The first-order valence-electron chi connectivity index (χ1n) is 7.41. The van der Waals surface area contributed by atoms with Gasteiger partial charge < -0.3 is 4.74 Å². The number of rotatable bonds is 5. The molecule has 4 nitrogen and oxygen atoms in total. The zero-order valence-corrected chi connectivity index (χ0v) is 13.2. The van der Waals surface area contributed by atoms with Crippen LogP contribution in [0.4, 0.5) is 4.39 Å². The van der Waals surface area contributed by atoms with E-state index in [1.807, 2.05) is 0 Å². The minimum atomic E-state index is -3.28. The Balaban J connectivity index is 1.73. The second-order valence-corrected chi connectivity index (χ2v) is 7.24. The van der Waals surface area contributed by atoms with Crippen LogP contribution in [0.15, 0.2) is 24.3 Å². The number of halogens is 1. The number of hydrogen-bond donors (Lipinski definition) is 1. The number of para-hydroxylation sites is 1. The molecule has 1 aliphatic carbocycles. The van der Waals surface area contributed by atoms with Crippen molar-refractivity contribution in [3.05, 3.63) is 30.1 Å². The molecule has 0 spiro atoms. The van der Waals surface area contributed by atoms with Crippen molar-refractivity contribution in [1.82, 2.24) is 4.72 Å². The van der Waals surface area contributed by atoms with E-state index in [0.717, 1.165) is 32.1 Å². The average molecular weight is 325 g/mol. The highest BCUT2D eigenvalue weighted by molar-refractivity contribution is 7.90. The standard InChI is InChI=1S/C16H20FNO3S/c17-15-10-4-5-11-16(15)21-13-7-6-12-18-22(19,20)14-8-2-1-3-9-14/h4-5,10-11,14,18H,1-3,8-9,12-13H2. The second-order valence-electron chi connectivity index (χ2n) is 5.20. The minimum Gasteiger partial charge on any atom is -0.478 e. The Morgan fingerprint density at radius 2 is 1.91 bits per heavy atom. The fourth-order valence-corrected chi connectivity index (χ4v) is 3.88. The van der Waals surface area contributed by atoms with Crippen LogP contribution >= 0.6 is 0 Å². The number of nitrogens with one attached hydrogen (secondary N) is 1. The normalized spacial score (nSPS) is 15.9. The van der Waals surface area contributed by atoms with Gasteiger partial charge in [0.1, 0.15) is 6.61 Å². The third-order valence-electron chi connectivity index (χ3n) is 3.61. The first kappa shape index (κ1) is 16.8. The molecule has 0 heterocycles. The molecule has 120 valence electrons. The smallest absolute Gasteiger partial charge is 0.215 e. The zero-order valence-electron chi connectivity index (χ0n) is 12.3. The monoisotopic (exact) mass is 325 g/mol. The minimum absolute atomic E-state index is 0.0199. The van der Waals surface area contributed by atoms with E-state index in [9.17, 15) is 12.8 Å². The van der Waals surface area contributed by atoms with Crippen LogP contribution in [0.3, 0.4) is 0 Å². The molecule has 6 heteroatoms. The fraction of sp³-hybridized carbons (Fsp3) is 0.500. The summed E-state index contributed by atoms with van der Waals surface area (Å²) in [6, 6.07) is 6.07. The van der Waals surface area contributed by atoms with Gasteiger partial charge >= 0.3 is 0 Å². The van der Waals surface area contributed by atoms with Crippen LogP contribution in [0.5, 0.6) is 5.75 Å². The highest BCUT2D eigenvalue weighted by atomic mass is 32.2. The quantitative estimate of drug-likeness (QED) is 0.846. The van der Waals surface area contributed by atoms with E-state index in [2.05, 4.69) is 16.6 Å². The van der Waals surface area contributed by atoms with Crippen molar-refractivity contribution in [1.29, 1.82) is 0 Å². The van der Waals surface area contributed by atoms with Crippen molar-refractivity contribution in [2.45, 2.75) is 37.4 Å². The van der Waals surface area contributed by atoms with Crippen LogP contribution in [0.1, 0.15) is 32.1 Å². The Hall–Kier alpha value is -1.58. The van der Waals surface area contributed by atoms with Gasteiger partial charge in [-0.2, -0.15) is 0 Å². The van der Waals surface area contributed by atoms with Crippen molar-refractivity contribution < 1.29 is 17.5 Å². The molecule has 1 aromatic rings. The topological polar surface area (TPSA) is 55.4 Å². The molecule has 0 amide bonds. The van der Waals surface area contributed by atoms with Gasteiger partial charge in [-0.3, -0.25) is 0 Å². The van der Waals surface area contributed by atoms with Gasteiger partial charge in [0.25, 0.3) is 0 Å². The van der Waals surface area contributed by atoms with Gasteiger partial charge in [-0.25, -0.2) is 17.5 Å². The first-order chi connectivity index (χ1) is 10.6. The van der Waals surface area contributed by atoms with Gasteiger partial charge in [0.05, 0.1) is 11.8 Å². The lowest BCUT2D eigenvalue weighted by Gasteiger charge is -2.21. The molecule has 0 aromatic heterocycles. The molecule has 1 saturated carbocycles. The van der Waals surface area contributed by atoms with Gasteiger partial charge in [-0.15, -0.1) is 0 Å². The molecule has 0 saturated heterocycles. The zero-order chi connectivity index (χ0) is 15.8. The Labute approximate surface area is 131 Å². The predicted octanol–water partition coefficient (Wildman–Crippen LogP) is 2.46. The Morgan fingerprint density at radius 1 is 1.18 bits per heavy atom. The van der Waals surface area contributed by atoms with Crippen molar-refractivity contribution in [2.75, 3.05) is 13.2 Å². The summed E-state index contributed by atoms with van der Waals surface area (Å²) in [5, 5.41) is -0.294. The summed E-state index contributed by atoms with van der Waals surface area (Å²) in [7, 11) is -3.28. The second kappa shape index (κ2) is 8.16. The van der Waals surface area contributed by atoms with Gasteiger partial charge in [0.15, 0.2) is 11.6 Å². The number of benzene rings is 1. The van der Waals surface area contributed by atoms with Crippen LogP contribution in [0.2, 0.25) is 0 Å². The van der Waals surface area contributed by atoms with Crippen molar-refractivity contribution in [3.63, 3.8) is 0 Å². The maximum absolute atomic E-state index is 13.3. The molecular weight excluding hydrogens is 305 g/mol. The predicted molar refractivity (Wildman–Crippen MR) is 83.5 cm³/mol. The Bertz CT molecular complexity index is 643. The van der Waals surface area contributed by atoms with E-state index in [-0.39, 0.29) is 24.2 Å². The third kappa shape index (κ3) is 5.00. The van der Waals surface area contributed by atoms with E-state index < -0.39 is 15.8 Å². The van der Waals surface area contributed by atoms with E-state index >= 15 is 0 Å². The summed E-state index contributed by atoms with van der Waals surface area (Å²) >= 11 is 0. The molecule has 1 aliphatic rings. The first-order valence-corrected chi connectivity index (χ1v) is 8.96. The molecule has 0 unspecified atom stereocenters. The molecule has 0 aliphatic heterocycles. The average Bonchev–Trinajstić information content (AvgIpc) is 2.53. The fourth-order valence-electron chi connectivity index (χ4n) is 2.42. The summed E-state index contributed by atoms with van der Waals surface area (Å²) in [6.45, 7) is 0.0750. The van der Waals surface area contributed by atoms with Crippen LogP contribution in [-0.2, 0) is 10.0 Å². The molecule has 0 radical (unpaired) electrons. The lowest BCUT2D eigenvalue weighted by atomic mass is 10.0. The van der Waals surface area contributed by atoms with E-state index in [1.165, 1.54) is 12.1 Å². The number of sulfonamides is 1. The maximum atomic E-state index is 13.3. The molecule has 0 bridgehead atoms. The Morgan fingerprint density at radius 3 is 2.64 bits per heavy atom. The van der Waals surface area contributed by atoms with Crippen molar-refractivity contribution in [2.24, 2.45) is 0 Å². The van der Waals surface area contributed by atoms with Crippen molar-refractivity contribution >= 4 is 10.0 Å². The van der Waals surface area contributed by atoms with E-state index in [0.29, 0.717) is 0 Å². The number of ether oxygens (including phenoxy) is 1. The van der Waals surface area contributed by atoms with Crippen LogP contribution in [-0.4, -0.2) is 26.8 Å². The molecule has 1 aromatic carbocycles. The Kier molecular flexibility index (Phi) is 6.22. The maximum Gasteiger partial charge on any atom is 0.215 e. The molecular formula is C16H20FNO3S. The molecule has 2 rings (SSSR count). The highest BCUT2D eigenvalue weighted by Gasteiger charge is 2.26. The highest BCUT2D eigenvalue weighted by Crippen LogP contribution is 2.22. The number of hydrogen-bond acceptors (Lipinski definition) is 3. The van der Waals surface area contributed by atoms with E-state index in [4.69, 9.17) is 4.74 Å². The molecule has 22 heavy (non-hydrogen) atoms.